The van der Waals surface area contributed by atoms with Gasteiger partial charge < -0.3 is 4.90 Å². The quantitative estimate of drug-likeness (QED) is 0.878. The summed E-state index contributed by atoms with van der Waals surface area (Å²) in [4.78, 5) is 17.6. The molecule has 1 aromatic carbocycles. The summed E-state index contributed by atoms with van der Waals surface area (Å²) in [6.45, 7) is 0.101. The standard InChI is InChI=1S/C13H13N3O3S/c14-20(18,19)11-7-13(17)16(8-11)10-3-4-12-9(6-10)2-1-5-15-12/h1-6,11H,7-8H2,(H2,14,18,19). The molecule has 0 bridgehead atoms. The Kier molecular flexibility index (Phi) is 2.95. The molecule has 7 heteroatoms. The van der Waals surface area contributed by atoms with Gasteiger partial charge >= 0.3 is 0 Å². The normalized spacial score (nSPS) is 19.8. The Morgan fingerprint density at radius 1 is 1.30 bits per heavy atom. The number of sulfonamides is 1. The van der Waals surface area contributed by atoms with E-state index in [-0.39, 0.29) is 18.9 Å². The van der Waals surface area contributed by atoms with Crippen molar-refractivity contribution in [3.63, 3.8) is 0 Å². The molecule has 0 saturated carbocycles. The number of fused-ring (bicyclic) bond motifs is 1. The van der Waals surface area contributed by atoms with Gasteiger partial charge in [-0.15, -0.1) is 0 Å². The van der Waals surface area contributed by atoms with Crippen molar-refractivity contribution in [3.8, 4) is 0 Å². The van der Waals surface area contributed by atoms with Crippen molar-refractivity contribution in [2.75, 3.05) is 11.4 Å². The second-order valence-electron chi connectivity index (χ2n) is 4.80. The fourth-order valence-corrected chi connectivity index (χ4v) is 3.11. The first kappa shape index (κ1) is 13.0. The van der Waals surface area contributed by atoms with Gasteiger partial charge in [-0.3, -0.25) is 9.78 Å². The number of carbonyl (C=O) groups excluding carboxylic acids is 1. The van der Waals surface area contributed by atoms with Crippen LogP contribution in [-0.4, -0.2) is 31.1 Å². The van der Waals surface area contributed by atoms with E-state index in [0.717, 1.165) is 10.9 Å². The van der Waals surface area contributed by atoms with Gasteiger partial charge in [0.1, 0.15) is 5.25 Å². The third kappa shape index (κ3) is 2.25. The van der Waals surface area contributed by atoms with Crippen molar-refractivity contribution in [3.05, 3.63) is 36.5 Å². The van der Waals surface area contributed by atoms with Crippen LogP contribution in [0.15, 0.2) is 36.5 Å². The van der Waals surface area contributed by atoms with E-state index in [9.17, 15) is 13.2 Å². The van der Waals surface area contributed by atoms with Crippen LogP contribution in [-0.2, 0) is 14.8 Å². The molecule has 1 amide bonds. The van der Waals surface area contributed by atoms with Crippen LogP contribution in [0.2, 0.25) is 0 Å². The minimum atomic E-state index is -3.69. The summed E-state index contributed by atoms with van der Waals surface area (Å²) in [5, 5.41) is 5.18. The Morgan fingerprint density at radius 2 is 2.10 bits per heavy atom. The minimum absolute atomic E-state index is 0.0656. The third-order valence-corrected chi connectivity index (χ3v) is 4.70. The van der Waals surface area contributed by atoms with Gasteiger partial charge in [0, 0.05) is 30.2 Å². The van der Waals surface area contributed by atoms with Crippen molar-refractivity contribution in [2.24, 2.45) is 5.14 Å². The molecule has 1 aliphatic rings. The van der Waals surface area contributed by atoms with Crippen molar-refractivity contribution >= 4 is 32.5 Å². The molecule has 3 rings (SSSR count). The van der Waals surface area contributed by atoms with Crippen molar-refractivity contribution in [1.82, 2.24) is 4.98 Å². The number of hydrogen-bond acceptors (Lipinski definition) is 4. The summed E-state index contributed by atoms with van der Waals surface area (Å²) < 4.78 is 22.7. The second kappa shape index (κ2) is 4.53. The lowest BCUT2D eigenvalue weighted by Crippen LogP contribution is -2.32. The molecule has 2 heterocycles. The zero-order valence-corrected chi connectivity index (χ0v) is 11.4. The van der Waals surface area contributed by atoms with Crippen LogP contribution in [0, 0.1) is 0 Å². The summed E-state index contributed by atoms with van der Waals surface area (Å²) in [6.07, 6.45) is 1.63. The molecule has 2 N–H and O–H groups in total. The summed E-state index contributed by atoms with van der Waals surface area (Å²) >= 11 is 0. The summed E-state index contributed by atoms with van der Waals surface area (Å²) in [5.41, 5.74) is 1.49. The van der Waals surface area contributed by atoms with E-state index in [4.69, 9.17) is 5.14 Å². The summed E-state index contributed by atoms with van der Waals surface area (Å²) in [5.74, 6) is -0.229. The van der Waals surface area contributed by atoms with Gasteiger partial charge in [-0.2, -0.15) is 0 Å². The first-order valence-electron chi connectivity index (χ1n) is 6.12. The molecule has 6 nitrogen and oxygen atoms in total. The lowest BCUT2D eigenvalue weighted by atomic mass is 10.2. The van der Waals surface area contributed by atoms with E-state index < -0.39 is 15.3 Å². The highest BCUT2D eigenvalue weighted by Crippen LogP contribution is 2.26. The Bertz CT molecular complexity index is 788. The molecule has 1 aromatic heterocycles. The highest BCUT2D eigenvalue weighted by Gasteiger charge is 2.37. The number of nitrogens with two attached hydrogens (primary N) is 1. The first-order valence-corrected chi connectivity index (χ1v) is 7.73. The number of primary sulfonamides is 1. The van der Waals surface area contributed by atoms with E-state index in [0.29, 0.717) is 5.69 Å². The molecule has 1 atom stereocenters. The SMILES string of the molecule is NS(=O)(=O)C1CC(=O)N(c2ccc3ncccc3c2)C1. The first-order chi connectivity index (χ1) is 9.45. The topological polar surface area (TPSA) is 93.4 Å². The molecule has 1 unspecified atom stereocenters. The van der Waals surface area contributed by atoms with Crippen LogP contribution in [0.1, 0.15) is 6.42 Å². The average Bonchev–Trinajstić information content (AvgIpc) is 2.80. The lowest BCUT2D eigenvalue weighted by molar-refractivity contribution is -0.117. The Balaban J connectivity index is 1.97. The van der Waals surface area contributed by atoms with Gasteiger partial charge in [0.25, 0.3) is 0 Å². The smallest absolute Gasteiger partial charge is 0.228 e. The molecule has 0 radical (unpaired) electrons. The molecule has 0 spiro atoms. The Labute approximate surface area is 116 Å². The second-order valence-corrected chi connectivity index (χ2v) is 6.64. The van der Waals surface area contributed by atoms with E-state index in [2.05, 4.69) is 4.98 Å². The van der Waals surface area contributed by atoms with Crippen LogP contribution in [0.3, 0.4) is 0 Å². The van der Waals surface area contributed by atoms with Crippen LogP contribution in [0.4, 0.5) is 5.69 Å². The molecular formula is C13H13N3O3S. The fraction of sp³-hybridized carbons (Fsp3) is 0.231. The van der Waals surface area contributed by atoms with E-state index >= 15 is 0 Å². The molecule has 20 heavy (non-hydrogen) atoms. The van der Waals surface area contributed by atoms with Gasteiger partial charge in [-0.05, 0) is 24.3 Å². The number of amides is 1. The van der Waals surface area contributed by atoms with Crippen LogP contribution < -0.4 is 10.0 Å². The van der Waals surface area contributed by atoms with Gasteiger partial charge in [0.15, 0.2) is 0 Å². The van der Waals surface area contributed by atoms with E-state index in [1.165, 1.54) is 4.90 Å². The molecule has 104 valence electrons. The number of anilines is 1. The monoisotopic (exact) mass is 291 g/mol. The highest BCUT2D eigenvalue weighted by molar-refractivity contribution is 7.89. The Morgan fingerprint density at radius 3 is 2.80 bits per heavy atom. The van der Waals surface area contributed by atoms with Crippen LogP contribution in [0.5, 0.6) is 0 Å². The predicted molar refractivity (Wildman–Crippen MR) is 75.6 cm³/mol. The van der Waals surface area contributed by atoms with Crippen molar-refractivity contribution in [1.29, 1.82) is 0 Å². The maximum atomic E-state index is 12.0. The van der Waals surface area contributed by atoms with Crippen molar-refractivity contribution < 1.29 is 13.2 Å². The average molecular weight is 291 g/mol. The number of benzene rings is 1. The number of pyridine rings is 1. The zero-order valence-electron chi connectivity index (χ0n) is 10.6. The van der Waals surface area contributed by atoms with Crippen molar-refractivity contribution in [2.45, 2.75) is 11.7 Å². The van der Waals surface area contributed by atoms with Gasteiger partial charge in [0.05, 0.1) is 5.52 Å². The number of aromatic nitrogens is 1. The lowest BCUT2D eigenvalue weighted by Gasteiger charge is -2.16. The molecule has 1 saturated heterocycles. The molecule has 1 aliphatic heterocycles. The largest absolute Gasteiger partial charge is 0.311 e. The molecular weight excluding hydrogens is 278 g/mol. The Hall–Kier alpha value is -1.99. The highest BCUT2D eigenvalue weighted by atomic mass is 32.2. The molecule has 2 aromatic rings. The third-order valence-electron chi connectivity index (χ3n) is 3.45. The maximum absolute atomic E-state index is 12.0. The summed E-state index contributed by atoms with van der Waals surface area (Å²) in [7, 11) is -3.69. The van der Waals surface area contributed by atoms with Crippen LogP contribution >= 0.6 is 0 Å². The molecule has 0 aliphatic carbocycles. The van der Waals surface area contributed by atoms with E-state index in [1.54, 1.807) is 12.3 Å². The van der Waals surface area contributed by atoms with Crippen LogP contribution in [0.25, 0.3) is 10.9 Å². The number of hydrogen-bond donors (Lipinski definition) is 1. The predicted octanol–water partition coefficient (Wildman–Crippen LogP) is 0.629. The zero-order chi connectivity index (χ0) is 14.3. The van der Waals surface area contributed by atoms with Gasteiger partial charge in [-0.25, -0.2) is 13.6 Å². The van der Waals surface area contributed by atoms with Gasteiger partial charge in [0.2, 0.25) is 15.9 Å². The number of carbonyl (C=O) groups is 1. The number of nitrogens with zero attached hydrogens (tertiary/aromatic N) is 2. The summed E-state index contributed by atoms with van der Waals surface area (Å²) in [6, 6.07) is 9.10. The maximum Gasteiger partial charge on any atom is 0.228 e. The number of rotatable bonds is 2. The van der Waals surface area contributed by atoms with E-state index in [1.807, 2.05) is 24.3 Å². The van der Waals surface area contributed by atoms with Gasteiger partial charge in [-0.1, -0.05) is 6.07 Å². The fourth-order valence-electron chi connectivity index (χ4n) is 2.38. The minimum Gasteiger partial charge on any atom is -0.311 e. The molecule has 1 fully saturated rings.